The van der Waals surface area contributed by atoms with Crippen molar-refractivity contribution < 1.29 is 0 Å². The van der Waals surface area contributed by atoms with Gasteiger partial charge in [-0.05, 0) is 97.1 Å². The van der Waals surface area contributed by atoms with E-state index in [0.717, 1.165) is 44.6 Å². The molecule has 176 valence electrons. The highest BCUT2D eigenvalue weighted by Gasteiger charge is 2.07. The van der Waals surface area contributed by atoms with Crippen LogP contribution < -0.4 is 5.73 Å². The number of benzene rings is 4. The van der Waals surface area contributed by atoms with Crippen molar-refractivity contribution in [3.63, 3.8) is 0 Å². The van der Waals surface area contributed by atoms with Gasteiger partial charge in [-0.2, -0.15) is 0 Å². The van der Waals surface area contributed by atoms with Crippen molar-refractivity contribution in [2.24, 2.45) is 0 Å². The van der Waals surface area contributed by atoms with Crippen molar-refractivity contribution in [2.45, 2.75) is 19.6 Å². The maximum atomic E-state index is 5.72. The Balaban J connectivity index is 1.37. The molecule has 0 fully saturated rings. The highest BCUT2D eigenvalue weighted by atomic mass is 28.3. The lowest BCUT2D eigenvalue weighted by Gasteiger charge is -2.03. The Bertz CT molecular complexity index is 1620. The standard InChI is InChI=1S/C35H27NSi/c1-37(2,3)27-26-34-20-18-32(19-21-34)15-14-30-8-6-28(7-9-30)4-5-29-10-12-31(13-11-29)16-17-33-22-24-35(36)25-23-33/h6-13,18-25H,36H2,1-3H3. The molecule has 4 aromatic rings. The van der Waals surface area contributed by atoms with E-state index >= 15 is 0 Å². The van der Waals surface area contributed by atoms with Crippen LogP contribution in [0.1, 0.15) is 38.9 Å². The van der Waals surface area contributed by atoms with E-state index in [-0.39, 0.29) is 0 Å². The van der Waals surface area contributed by atoms with Gasteiger partial charge in [-0.25, -0.2) is 0 Å². The van der Waals surface area contributed by atoms with E-state index in [1.54, 1.807) is 0 Å². The van der Waals surface area contributed by atoms with Gasteiger partial charge in [-0.1, -0.05) is 61.1 Å². The van der Waals surface area contributed by atoms with Crippen LogP contribution in [0.3, 0.4) is 0 Å². The van der Waals surface area contributed by atoms with Crippen LogP contribution in [-0.4, -0.2) is 8.07 Å². The second-order valence-corrected chi connectivity index (χ2v) is 14.4. The number of nitrogen functional groups attached to an aromatic ring is 1. The molecule has 0 heterocycles. The first kappa shape index (κ1) is 25.2. The third-order valence-electron chi connectivity index (χ3n) is 5.20. The van der Waals surface area contributed by atoms with Gasteiger partial charge in [0.15, 0.2) is 0 Å². The molecule has 37 heavy (non-hydrogen) atoms. The minimum atomic E-state index is -1.37. The van der Waals surface area contributed by atoms with E-state index in [1.165, 1.54) is 0 Å². The molecule has 2 heteroatoms. The van der Waals surface area contributed by atoms with E-state index in [4.69, 9.17) is 5.73 Å². The lowest BCUT2D eigenvalue weighted by Crippen LogP contribution is -2.16. The molecule has 4 aromatic carbocycles. The Kier molecular flexibility index (Phi) is 7.99. The van der Waals surface area contributed by atoms with Crippen LogP contribution in [0.2, 0.25) is 19.6 Å². The Morgan fingerprint density at radius 2 is 0.595 bits per heavy atom. The summed E-state index contributed by atoms with van der Waals surface area (Å²) in [4.78, 5) is 0. The first-order valence-electron chi connectivity index (χ1n) is 12.1. The van der Waals surface area contributed by atoms with Crippen molar-refractivity contribution in [2.75, 3.05) is 5.73 Å². The summed E-state index contributed by atoms with van der Waals surface area (Å²) in [6.07, 6.45) is 0. The molecule has 0 amide bonds. The van der Waals surface area contributed by atoms with Gasteiger partial charge in [0.05, 0.1) is 0 Å². The molecule has 0 aliphatic carbocycles. The van der Waals surface area contributed by atoms with Crippen molar-refractivity contribution >= 4 is 13.8 Å². The average molecular weight is 490 g/mol. The Hall–Kier alpha value is -4.86. The monoisotopic (exact) mass is 489 g/mol. The fraction of sp³-hybridized carbons (Fsp3) is 0.0857. The molecule has 0 aliphatic heterocycles. The maximum Gasteiger partial charge on any atom is 0.129 e. The van der Waals surface area contributed by atoms with Crippen LogP contribution in [0.15, 0.2) is 97.1 Å². The van der Waals surface area contributed by atoms with Crippen molar-refractivity contribution in [1.29, 1.82) is 0 Å². The first-order valence-corrected chi connectivity index (χ1v) is 15.6. The number of rotatable bonds is 0. The second kappa shape index (κ2) is 11.7. The molecule has 0 saturated heterocycles. The van der Waals surface area contributed by atoms with Crippen molar-refractivity contribution in [3.05, 3.63) is 136 Å². The fourth-order valence-corrected chi connectivity index (χ4v) is 3.69. The number of nitrogens with two attached hydrogens (primary N) is 1. The zero-order chi connectivity index (χ0) is 26.1. The van der Waals surface area contributed by atoms with Crippen LogP contribution in [-0.2, 0) is 0 Å². The second-order valence-electron chi connectivity index (χ2n) is 9.60. The molecule has 1 nitrogen and oxygen atoms in total. The molecule has 0 spiro atoms. The minimum Gasteiger partial charge on any atom is -0.399 e. The molecule has 4 rings (SSSR count). The summed E-state index contributed by atoms with van der Waals surface area (Å²) in [6.45, 7) is 6.74. The van der Waals surface area contributed by atoms with Crippen LogP contribution >= 0.6 is 0 Å². The predicted molar refractivity (Wildman–Crippen MR) is 158 cm³/mol. The topological polar surface area (TPSA) is 26.0 Å². The van der Waals surface area contributed by atoms with Crippen LogP contribution in [0.4, 0.5) is 5.69 Å². The van der Waals surface area contributed by atoms with Gasteiger partial charge in [-0.3, -0.25) is 0 Å². The minimum absolute atomic E-state index is 0.737. The number of hydrogen-bond acceptors (Lipinski definition) is 1. The molecule has 0 bridgehead atoms. The van der Waals surface area contributed by atoms with Gasteiger partial charge in [0.2, 0.25) is 0 Å². The SMILES string of the molecule is C[Si](C)(C)C#Cc1ccc(C#Cc2ccc(C#Cc3ccc(C#Cc4ccc(N)cc4)cc3)cc2)cc1. The van der Waals surface area contributed by atoms with Crippen LogP contribution in [0, 0.1) is 47.0 Å². The van der Waals surface area contributed by atoms with Crippen LogP contribution in [0.25, 0.3) is 0 Å². The molecule has 0 aromatic heterocycles. The fourth-order valence-electron chi connectivity index (χ4n) is 3.17. The lowest BCUT2D eigenvalue weighted by molar-refractivity contribution is 1.57. The van der Waals surface area contributed by atoms with Gasteiger partial charge in [-0.15, -0.1) is 5.54 Å². The maximum absolute atomic E-state index is 5.72. The smallest absolute Gasteiger partial charge is 0.129 e. The Morgan fingerprint density at radius 1 is 0.378 bits per heavy atom. The number of hydrogen-bond donors (Lipinski definition) is 1. The molecule has 2 N–H and O–H groups in total. The molecule has 0 radical (unpaired) electrons. The van der Waals surface area contributed by atoms with Gasteiger partial charge in [0, 0.05) is 44.6 Å². The average Bonchev–Trinajstić information content (AvgIpc) is 2.90. The third-order valence-corrected chi connectivity index (χ3v) is 6.08. The van der Waals surface area contributed by atoms with Crippen molar-refractivity contribution in [1.82, 2.24) is 0 Å². The van der Waals surface area contributed by atoms with Gasteiger partial charge >= 0.3 is 0 Å². The summed E-state index contributed by atoms with van der Waals surface area (Å²) >= 11 is 0. The summed E-state index contributed by atoms with van der Waals surface area (Å²) in [5, 5.41) is 0. The molecular weight excluding hydrogens is 462 g/mol. The quantitative estimate of drug-likeness (QED) is 0.166. The van der Waals surface area contributed by atoms with Gasteiger partial charge < -0.3 is 5.73 Å². The molecule has 0 saturated carbocycles. The summed E-state index contributed by atoms with van der Waals surface area (Å²) in [7, 11) is -1.37. The zero-order valence-electron chi connectivity index (χ0n) is 21.3. The first-order chi connectivity index (χ1) is 17.8. The zero-order valence-corrected chi connectivity index (χ0v) is 22.3. The summed E-state index contributed by atoms with van der Waals surface area (Å²) < 4.78 is 0. The lowest BCUT2D eigenvalue weighted by atomic mass is 10.1. The third kappa shape index (κ3) is 8.39. The molecule has 0 aliphatic rings. The normalized spacial score (nSPS) is 9.81. The molecule has 0 unspecified atom stereocenters. The molecular formula is C35H27NSi. The Morgan fingerprint density at radius 3 is 0.838 bits per heavy atom. The van der Waals surface area contributed by atoms with E-state index in [1.807, 2.05) is 97.1 Å². The predicted octanol–water partition coefficient (Wildman–Crippen LogP) is 6.70. The highest BCUT2D eigenvalue weighted by molar-refractivity contribution is 6.83. The summed E-state index contributed by atoms with van der Waals surface area (Å²) in [6, 6.07) is 31.6. The molecule has 0 atom stereocenters. The van der Waals surface area contributed by atoms with E-state index < -0.39 is 8.07 Å². The van der Waals surface area contributed by atoms with Crippen molar-refractivity contribution in [3.8, 4) is 47.0 Å². The summed E-state index contributed by atoms with van der Waals surface area (Å²) in [5.74, 6) is 22.5. The largest absolute Gasteiger partial charge is 0.399 e. The van der Waals surface area contributed by atoms with Gasteiger partial charge in [0.1, 0.15) is 8.07 Å². The van der Waals surface area contributed by atoms with E-state index in [9.17, 15) is 0 Å². The highest BCUT2D eigenvalue weighted by Crippen LogP contribution is 2.08. The Labute approximate surface area is 221 Å². The summed E-state index contributed by atoms with van der Waals surface area (Å²) in [5.41, 5.74) is 16.6. The van der Waals surface area contributed by atoms with Crippen LogP contribution in [0.5, 0.6) is 0 Å². The van der Waals surface area contributed by atoms with Gasteiger partial charge in [0.25, 0.3) is 0 Å². The van der Waals surface area contributed by atoms with E-state index in [2.05, 4.69) is 66.6 Å². The number of anilines is 1. The van der Waals surface area contributed by atoms with E-state index in [0.29, 0.717) is 0 Å².